The number of rotatable bonds is 15. The zero-order valence-electron chi connectivity index (χ0n) is 55.2. The normalized spacial score (nSPS) is 22.7. The Kier molecular flexibility index (Phi) is 23.5. The van der Waals surface area contributed by atoms with E-state index in [2.05, 4.69) is 110 Å². The van der Waals surface area contributed by atoms with Crippen LogP contribution >= 0.6 is 10.5 Å². The lowest BCUT2D eigenvalue weighted by Crippen LogP contribution is -2.61. The number of phenols is 1. The Morgan fingerprint density at radius 2 is 1.27 bits per heavy atom. The molecule has 0 spiro atoms. The SMILES string of the molecule is C#Cc1ccc(N2C(=O)C(C)C(C)C2=O)cc1.C=CC1(OC(=O)C(C)(C)CC)CCCC1.CCC(C)(C)C(=O)OC12CC3CC(C1)CC(C(=O)OC(CS(=O)(=O)[O-])C(F)(F)F)(C3)C2.CCC(C)c1cccc(O)c1.c1ccc(-[s+]2c3ccccc3c3ccccc32)cc1. The first-order valence-electron chi connectivity index (χ1n) is 32.2. The van der Waals surface area contributed by atoms with Crippen LogP contribution in [0.15, 0.2) is 140 Å². The average Bonchev–Trinajstić information content (AvgIpc) is 1.62. The fourth-order valence-electron chi connectivity index (χ4n) is 13.1. The highest BCUT2D eigenvalue weighted by molar-refractivity contribution is 7.85. The average molecular weight is 1320 g/mol. The number of terminal acetylenes is 1. The first kappa shape index (κ1) is 73.1. The highest BCUT2D eigenvalue weighted by atomic mass is 32.2. The minimum atomic E-state index is -5.27. The zero-order chi connectivity index (χ0) is 68.5. The predicted molar refractivity (Wildman–Crippen MR) is 359 cm³/mol. The lowest BCUT2D eigenvalue weighted by Gasteiger charge is -2.60. The maximum atomic E-state index is 13.3. The number of hydrogen-bond acceptors (Lipinski definition) is 12. The molecule has 500 valence electrons. The summed E-state index contributed by atoms with van der Waals surface area (Å²) in [5, 5.41) is 11.9. The van der Waals surface area contributed by atoms with Gasteiger partial charge in [-0.15, -0.1) is 6.42 Å². The fourth-order valence-corrected chi connectivity index (χ4v) is 16.1. The van der Waals surface area contributed by atoms with Gasteiger partial charge < -0.3 is 23.9 Å². The number of anilines is 1. The Hall–Kier alpha value is -7.33. The van der Waals surface area contributed by atoms with E-state index in [9.17, 15) is 50.1 Å². The molecule has 2 amide bonds. The van der Waals surface area contributed by atoms with Gasteiger partial charge in [-0.25, -0.2) is 8.42 Å². The molecule has 1 N–H and O–H groups in total. The van der Waals surface area contributed by atoms with Gasteiger partial charge in [0.15, 0.2) is 14.3 Å². The molecular weight excluding hydrogens is 1230 g/mol. The molecule has 13 nitrogen and oxygen atoms in total. The van der Waals surface area contributed by atoms with Gasteiger partial charge in [-0.05, 0) is 207 Å². The first-order chi connectivity index (χ1) is 43.7. The first-order valence-corrected chi connectivity index (χ1v) is 35.0. The molecule has 2 heterocycles. The third kappa shape index (κ3) is 17.5. The molecule has 6 aliphatic rings. The van der Waals surface area contributed by atoms with Crippen LogP contribution in [0.25, 0.3) is 25.1 Å². The van der Waals surface area contributed by atoms with Crippen molar-refractivity contribution in [3.8, 4) is 23.0 Å². The number of halogens is 3. The van der Waals surface area contributed by atoms with E-state index in [4.69, 9.17) is 21.0 Å². The molecule has 5 saturated carbocycles. The van der Waals surface area contributed by atoms with Gasteiger partial charge in [0.2, 0.25) is 17.9 Å². The van der Waals surface area contributed by atoms with E-state index in [0.29, 0.717) is 49.5 Å². The van der Waals surface area contributed by atoms with Gasteiger partial charge in [0.25, 0.3) is 0 Å². The molecule has 18 heteroatoms. The molecule has 6 aromatic rings. The Morgan fingerprint density at radius 3 is 1.73 bits per heavy atom. The zero-order valence-corrected chi connectivity index (χ0v) is 56.8. The number of carbonyl (C=O) groups is 5. The van der Waals surface area contributed by atoms with Crippen molar-refractivity contribution in [3.05, 3.63) is 151 Å². The van der Waals surface area contributed by atoms with E-state index in [-0.39, 0.29) is 69.4 Å². The van der Waals surface area contributed by atoms with E-state index >= 15 is 0 Å². The van der Waals surface area contributed by atoms with Crippen LogP contribution in [0.4, 0.5) is 18.9 Å². The number of imide groups is 1. The summed E-state index contributed by atoms with van der Waals surface area (Å²) in [5.74, 6) is -0.924. The second-order valence-electron chi connectivity index (χ2n) is 27.1. The van der Waals surface area contributed by atoms with Gasteiger partial charge in [0.1, 0.15) is 17.0 Å². The van der Waals surface area contributed by atoms with Crippen LogP contribution in [-0.2, 0) is 48.3 Å². The predicted octanol–water partition coefficient (Wildman–Crippen LogP) is 17.2. The lowest BCUT2D eigenvalue weighted by molar-refractivity contribution is -0.239. The lowest BCUT2D eigenvalue weighted by atomic mass is 9.48. The molecule has 0 radical (unpaired) electrons. The second-order valence-corrected chi connectivity index (χ2v) is 30.5. The molecule has 6 atom stereocenters. The molecule has 6 unspecified atom stereocenters. The number of hydrogen-bond donors (Lipinski definition) is 1. The van der Waals surface area contributed by atoms with Gasteiger partial charge in [0.05, 0.1) is 37.8 Å². The Labute approximate surface area is 549 Å². The topological polar surface area (TPSA) is 194 Å². The Bertz CT molecular complexity index is 3700. The summed E-state index contributed by atoms with van der Waals surface area (Å²) in [6, 6.07) is 42.7. The summed E-state index contributed by atoms with van der Waals surface area (Å²) in [4.78, 5) is 64.2. The molecule has 4 bridgehead atoms. The number of aromatic hydroxyl groups is 1. The van der Waals surface area contributed by atoms with E-state index in [0.717, 1.165) is 50.5 Å². The molecular formula is C75H90F3NO12S2. The third-order valence-corrected chi connectivity index (χ3v) is 22.6. The van der Waals surface area contributed by atoms with Crippen LogP contribution in [0.3, 0.4) is 0 Å². The molecule has 6 fully saturated rings. The van der Waals surface area contributed by atoms with Crippen LogP contribution in [0, 0.1) is 52.3 Å². The largest absolute Gasteiger partial charge is 0.748 e. The summed E-state index contributed by atoms with van der Waals surface area (Å²) in [6.07, 6.45) is 7.97. The maximum Gasteiger partial charge on any atom is 0.426 e. The number of nitrogens with zero attached hydrogens (tertiary/aromatic N) is 1. The Morgan fingerprint density at radius 1 is 0.763 bits per heavy atom. The van der Waals surface area contributed by atoms with Crippen LogP contribution < -0.4 is 4.90 Å². The van der Waals surface area contributed by atoms with Crippen molar-refractivity contribution >= 4 is 76.2 Å². The number of carbonyl (C=O) groups excluding carboxylic acids is 5. The summed E-state index contributed by atoms with van der Waals surface area (Å²) >= 11 is 0. The summed E-state index contributed by atoms with van der Waals surface area (Å²) in [5.41, 5.74) is -1.16. The highest BCUT2D eigenvalue weighted by Gasteiger charge is 2.64. The van der Waals surface area contributed by atoms with Crippen LogP contribution in [0.2, 0.25) is 0 Å². The van der Waals surface area contributed by atoms with Crippen LogP contribution in [-0.4, -0.2) is 77.0 Å². The standard InChI is InChI=1S/C20H29F3O7S.C18H13S.C14H13NO2.C13H22O2.C10H14O/c1-4-17(2,3)15(24)30-19-8-12-5-13(9-19)7-18(6-12,11-19)16(25)29-14(20(21,22)23)10-31(26,27)28;1-2-8-14(9-3-1)19-17-12-6-4-10-15(17)16-11-5-7-13-18(16)19;1-4-11-5-7-12(8-6-11)15-13(16)9(2)10(3)14(15)17;1-5-12(3,4)11(14)15-13(6-2)9-7-8-10-13;1-3-8(2)9-5-4-6-10(11)7-9/h12-14H,4-11H2,1-3H3,(H,26,27,28);1-13H;1,5-10H,2-3H3;6H,2,5,7-10H2,1,3-4H3;4-8,11H,3H2,1-2H3/q;+1;;;/p-1. The van der Waals surface area contributed by atoms with Crippen molar-refractivity contribution < 1.29 is 69.4 Å². The fraction of sp³-hybridized carbons (Fsp3) is 0.480. The quantitative estimate of drug-likeness (QED) is 0.0195. The minimum Gasteiger partial charge on any atom is -0.748 e. The molecule has 12 rings (SSSR count). The monoisotopic (exact) mass is 1320 g/mol. The maximum absolute atomic E-state index is 13.3. The van der Waals surface area contributed by atoms with Gasteiger partial charge in [-0.1, -0.05) is 109 Å². The number of fused-ring (bicyclic) bond motifs is 3. The van der Waals surface area contributed by atoms with Gasteiger partial charge in [0, 0.05) is 45.1 Å². The number of ether oxygens (including phenoxy) is 3. The smallest absolute Gasteiger partial charge is 0.426 e. The van der Waals surface area contributed by atoms with E-state index in [1.165, 1.54) is 35.5 Å². The van der Waals surface area contributed by atoms with Gasteiger partial charge in [-0.2, -0.15) is 13.2 Å². The highest BCUT2D eigenvalue weighted by Crippen LogP contribution is 2.64. The van der Waals surface area contributed by atoms with Crippen molar-refractivity contribution in [2.75, 3.05) is 10.7 Å². The Balaban J connectivity index is 0.000000172. The van der Waals surface area contributed by atoms with E-state index < -0.39 is 56.5 Å². The number of esters is 3. The number of alkyl halides is 3. The molecule has 1 aromatic heterocycles. The molecule has 5 aromatic carbocycles. The number of benzene rings is 5. The summed E-state index contributed by atoms with van der Waals surface area (Å²) in [6.45, 7) is 22.9. The number of phenolic OH excluding ortho intramolecular Hbond substituents is 1. The molecule has 1 aliphatic heterocycles. The van der Waals surface area contributed by atoms with E-state index in [1.807, 2.05) is 52.0 Å². The molecule has 93 heavy (non-hydrogen) atoms. The number of amides is 2. The van der Waals surface area contributed by atoms with Crippen molar-refractivity contribution in [3.63, 3.8) is 0 Å². The van der Waals surface area contributed by atoms with Crippen molar-refractivity contribution in [2.24, 2.45) is 39.9 Å². The third-order valence-electron chi connectivity index (χ3n) is 19.5. The van der Waals surface area contributed by atoms with Crippen molar-refractivity contribution in [1.29, 1.82) is 0 Å². The van der Waals surface area contributed by atoms with Gasteiger partial charge >= 0.3 is 24.1 Å². The second kappa shape index (κ2) is 30.0. The van der Waals surface area contributed by atoms with Crippen molar-refractivity contribution in [2.45, 2.75) is 182 Å². The molecule has 5 aliphatic carbocycles. The summed E-state index contributed by atoms with van der Waals surface area (Å²) in [7, 11) is -5.21. The summed E-state index contributed by atoms with van der Waals surface area (Å²) < 4.78 is 91.6. The minimum absolute atomic E-state index is 0.00100. The number of thiophene rings is 1. The van der Waals surface area contributed by atoms with Gasteiger partial charge in [-0.3, -0.25) is 28.9 Å². The van der Waals surface area contributed by atoms with Crippen molar-refractivity contribution in [1.82, 2.24) is 0 Å². The van der Waals surface area contributed by atoms with E-state index in [1.54, 1.807) is 58.0 Å². The van der Waals surface area contributed by atoms with Crippen LogP contribution in [0.1, 0.15) is 170 Å². The molecule has 1 saturated heterocycles. The van der Waals surface area contributed by atoms with Crippen LogP contribution in [0.5, 0.6) is 5.75 Å².